The summed E-state index contributed by atoms with van der Waals surface area (Å²) >= 11 is 0. The number of nitrogens with one attached hydrogen (secondary N) is 2. The molecule has 10 nitrogen and oxygen atoms in total. The first-order chi connectivity index (χ1) is 15.3. The average Bonchev–Trinajstić information content (AvgIpc) is 3.02. The van der Waals surface area contributed by atoms with Gasteiger partial charge in [0.15, 0.2) is 0 Å². The van der Waals surface area contributed by atoms with Crippen LogP contribution in [0, 0.1) is 11.8 Å². The number of benzene rings is 1. The standard InChI is InChI=1S/C21H22N4O6S/c26-18-9-8-17(19(27)23-18)25-20(28)15-7-6-14(13-16(15)21(25)29)5-4-10-22-32(30,31)24-11-2-1-3-12-24/h6-7,13,17,22H,1-3,8-12H2,(H,23,26,27). The number of hydrogen-bond acceptors (Lipinski definition) is 6. The van der Waals surface area contributed by atoms with E-state index in [9.17, 15) is 27.6 Å². The Morgan fingerprint density at radius 1 is 1.03 bits per heavy atom. The van der Waals surface area contributed by atoms with E-state index >= 15 is 0 Å². The fraction of sp³-hybridized carbons (Fsp3) is 0.429. The molecule has 0 bridgehead atoms. The van der Waals surface area contributed by atoms with Crippen molar-refractivity contribution in [1.29, 1.82) is 0 Å². The molecule has 3 aliphatic rings. The third-order valence-electron chi connectivity index (χ3n) is 5.67. The maximum atomic E-state index is 12.8. The highest BCUT2D eigenvalue weighted by molar-refractivity contribution is 7.87. The molecule has 0 saturated carbocycles. The van der Waals surface area contributed by atoms with Gasteiger partial charge in [0.25, 0.3) is 22.0 Å². The topological polar surface area (TPSA) is 133 Å². The van der Waals surface area contributed by atoms with Crippen molar-refractivity contribution in [3.8, 4) is 11.8 Å². The van der Waals surface area contributed by atoms with E-state index < -0.39 is 39.9 Å². The molecule has 2 fully saturated rings. The second-order valence-corrected chi connectivity index (χ2v) is 9.55. The van der Waals surface area contributed by atoms with Crippen molar-refractivity contribution in [1.82, 2.24) is 19.2 Å². The minimum absolute atomic E-state index is 0.0495. The lowest BCUT2D eigenvalue weighted by molar-refractivity contribution is -0.136. The Bertz CT molecular complexity index is 1160. The molecule has 4 amide bonds. The minimum atomic E-state index is -3.58. The van der Waals surface area contributed by atoms with Gasteiger partial charge in [0.1, 0.15) is 6.04 Å². The highest BCUT2D eigenvalue weighted by atomic mass is 32.2. The molecule has 2 saturated heterocycles. The van der Waals surface area contributed by atoms with Crippen LogP contribution in [0.25, 0.3) is 0 Å². The van der Waals surface area contributed by atoms with Gasteiger partial charge in [-0.05, 0) is 37.5 Å². The average molecular weight is 458 g/mol. The lowest BCUT2D eigenvalue weighted by Crippen LogP contribution is -2.54. The highest BCUT2D eigenvalue weighted by Crippen LogP contribution is 2.28. The molecule has 0 spiro atoms. The van der Waals surface area contributed by atoms with Crippen LogP contribution >= 0.6 is 0 Å². The Hall–Kier alpha value is -3.07. The zero-order valence-electron chi connectivity index (χ0n) is 17.2. The molecule has 11 heteroatoms. The van der Waals surface area contributed by atoms with Crippen molar-refractivity contribution in [2.45, 2.75) is 38.1 Å². The molecule has 3 heterocycles. The van der Waals surface area contributed by atoms with Gasteiger partial charge < -0.3 is 0 Å². The molecular weight excluding hydrogens is 436 g/mol. The third-order valence-corrected chi connectivity index (χ3v) is 7.22. The first-order valence-corrected chi connectivity index (χ1v) is 11.8. The predicted molar refractivity (Wildman–Crippen MR) is 112 cm³/mol. The van der Waals surface area contributed by atoms with Gasteiger partial charge >= 0.3 is 0 Å². The lowest BCUT2D eigenvalue weighted by Gasteiger charge is -2.27. The van der Waals surface area contributed by atoms with Gasteiger partial charge in [-0.1, -0.05) is 18.3 Å². The van der Waals surface area contributed by atoms with Gasteiger partial charge in [0.05, 0.1) is 17.7 Å². The molecule has 1 aromatic carbocycles. The molecule has 0 aliphatic carbocycles. The minimum Gasteiger partial charge on any atom is -0.295 e. The number of nitrogens with zero attached hydrogens (tertiary/aromatic N) is 2. The zero-order valence-corrected chi connectivity index (χ0v) is 18.0. The van der Waals surface area contributed by atoms with E-state index in [-0.39, 0.29) is 30.5 Å². The number of fused-ring (bicyclic) bond motifs is 1. The van der Waals surface area contributed by atoms with Crippen LogP contribution < -0.4 is 10.0 Å². The van der Waals surface area contributed by atoms with Gasteiger partial charge in [-0.25, -0.2) is 0 Å². The summed E-state index contributed by atoms with van der Waals surface area (Å²) < 4.78 is 28.4. The van der Waals surface area contributed by atoms with Crippen LogP contribution in [-0.4, -0.2) is 66.9 Å². The van der Waals surface area contributed by atoms with Gasteiger partial charge in [0.2, 0.25) is 11.8 Å². The zero-order chi connectivity index (χ0) is 22.9. The van der Waals surface area contributed by atoms with E-state index in [4.69, 9.17) is 0 Å². The molecular formula is C21H22N4O6S. The smallest absolute Gasteiger partial charge is 0.280 e. The number of amides is 4. The summed E-state index contributed by atoms with van der Waals surface area (Å²) in [6.45, 7) is 0.895. The summed E-state index contributed by atoms with van der Waals surface area (Å²) in [4.78, 5) is 49.9. The molecule has 2 N–H and O–H groups in total. The molecule has 32 heavy (non-hydrogen) atoms. The number of carbonyl (C=O) groups is 4. The van der Waals surface area contributed by atoms with Crippen LogP contribution in [0.4, 0.5) is 0 Å². The molecule has 1 atom stereocenters. The fourth-order valence-corrected chi connectivity index (χ4v) is 5.19. The fourth-order valence-electron chi connectivity index (χ4n) is 4.02. The maximum Gasteiger partial charge on any atom is 0.280 e. The van der Waals surface area contributed by atoms with Gasteiger partial charge in [0, 0.05) is 25.1 Å². The first-order valence-electron chi connectivity index (χ1n) is 10.4. The monoisotopic (exact) mass is 458 g/mol. The normalized spacial score (nSPS) is 21.8. The van der Waals surface area contributed by atoms with E-state index in [1.165, 1.54) is 16.4 Å². The predicted octanol–water partition coefficient (Wildman–Crippen LogP) is -0.240. The van der Waals surface area contributed by atoms with Crippen LogP contribution in [0.5, 0.6) is 0 Å². The van der Waals surface area contributed by atoms with E-state index in [2.05, 4.69) is 21.9 Å². The SMILES string of the molecule is O=C1CCC(N2C(=O)c3ccc(C#CCNS(=O)(=O)N4CCCCC4)cc3C2=O)C(=O)N1. The van der Waals surface area contributed by atoms with Crippen molar-refractivity contribution in [3.05, 3.63) is 34.9 Å². The van der Waals surface area contributed by atoms with E-state index in [0.29, 0.717) is 18.7 Å². The van der Waals surface area contributed by atoms with E-state index in [1.807, 2.05) is 0 Å². The van der Waals surface area contributed by atoms with Crippen LogP contribution in [0.1, 0.15) is 58.4 Å². The van der Waals surface area contributed by atoms with E-state index in [0.717, 1.165) is 24.2 Å². The number of rotatable bonds is 4. The quantitative estimate of drug-likeness (QED) is 0.473. The van der Waals surface area contributed by atoms with Crippen molar-refractivity contribution in [3.63, 3.8) is 0 Å². The first kappa shape index (κ1) is 22.1. The molecule has 4 rings (SSSR count). The molecule has 1 aromatic rings. The molecule has 3 aliphatic heterocycles. The summed E-state index contributed by atoms with van der Waals surface area (Å²) in [5, 5.41) is 2.15. The second-order valence-electron chi connectivity index (χ2n) is 7.80. The molecule has 168 valence electrons. The van der Waals surface area contributed by atoms with Crippen LogP contribution in [0.2, 0.25) is 0 Å². The van der Waals surface area contributed by atoms with Gasteiger partial charge in [-0.15, -0.1) is 0 Å². The second kappa shape index (κ2) is 8.82. The summed E-state index contributed by atoms with van der Waals surface area (Å²) in [6.07, 6.45) is 2.83. The largest absolute Gasteiger partial charge is 0.295 e. The Balaban J connectivity index is 1.44. The summed E-state index contributed by atoms with van der Waals surface area (Å²) in [5.74, 6) is 3.21. The van der Waals surface area contributed by atoms with Gasteiger partial charge in [-0.2, -0.15) is 17.4 Å². The lowest BCUT2D eigenvalue weighted by atomic mass is 10.0. The number of piperidine rings is 2. The number of carbonyl (C=O) groups excluding carboxylic acids is 4. The van der Waals surface area contributed by atoms with Crippen LogP contribution in [0.3, 0.4) is 0 Å². The van der Waals surface area contributed by atoms with E-state index in [1.54, 1.807) is 6.07 Å². The van der Waals surface area contributed by atoms with Crippen molar-refractivity contribution in [2.75, 3.05) is 19.6 Å². The Morgan fingerprint density at radius 3 is 2.47 bits per heavy atom. The summed E-state index contributed by atoms with van der Waals surface area (Å²) in [7, 11) is -3.58. The van der Waals surface area contributed by atoms with Crippen molar-refractivity contribution in [2.24, 2.45) is 0 Å². The number of imide groups is 2. The molecule has 0 radical (unpaired) electrons. The Kier molecular flexibility index (Phi) is 6.10. The van der Waals surface area contributed by atoms with Crippen molar-refractivity contribution < 1.29 is 27.6 Å². The Labute approximate surface area is 185 Å². The maximum absolute atomic E-state index is 12.8. The molecule has 1 unspecified atom stereocenters. The third kappa shape index (κ3) is 4.29. The Morgan fingerprint density at radius 2 is 1.75 bits per heavy atom. The summed E-state index contributed by atoms with van der Waals surface area (Å²) in [5.41, 5.74) is 0.726. The van der Waals surface area contributed by atoms with Crippen LogP contribution in [0.15, 0.2) is 18.2 Å². The van der Waals surface area contributed by atoms with Crippen LogP contribution in [-0.2, 0) is 19.8 Å². The number of hydrogen-bond donors (Lipinski definition) is 2. The van der Waals surface area contributed by atoms with Gasteiger partial charge in [-0.3, -0.25) is 29.4 Å². The van der Waals surface area contributed by atoms with Crippen molar-refractivity contribution >= 4 is 33.8 Å². The molecule has 0 aromatic heterocycles. The highest BCUT2D eigenvalue weighted by Gasteiger charge is 2.44. The summed E-state index contributed by atoms with van der Waals surface area (Å²) in [6, 6.07) is 3.44.